The summed E-state index contributed by atoms with van der Waals surface area (Å²) in [6.07, 6.45) is 9.52. The molecular weight excluding hydrogens is 266 g/mol. The maximum absolute atomic E-state index is 12.2. The molecule has 1 aliphatic heterocycles. The number of pyridine rings is 1. The van der Waals surface area contributed by atoms with Crippen LogP contribution in [0.25, 0.3) is 5.82 Å². The summed E-state index contributed by atoms with van der Waals surface area (Å²) in [5.41, 5.74) is 0.710. The number of rotatable bonds is 3. The molecule has 0 aliphatic carbocycles. The molecule has 1 aliphatic rings. The average Bonchev–Trinajstić information content (AvgIpc) is 2.90. The van der Waals surface area contributed by atoms with E-state index in [1.807, 2.05) is 24.4 Å². The molecule has 0 spiro atoms. The summed E-state index contributed by atoms with van der Waals surface area (Å²) in [7, 11) is 0. The molecule has 1 saturated heterocycles. The van der Waals surface area contributed by atoms with Gasteiger partial charge in [-0.2, -0.15) is 5.10 Å². The van der Waals surface area contributed by atoms with Crippen molar-refractivity contribution in [3.8, 4) is 5.82 Å². The third-order valence-corrected chi connectivity index (χ3v) is 3.63. The Morgan fingerprint density at radius 1 is 1.33 bits per heavy atom. The smallest absolute Gasteiger partial charge is 0.241 e. The van der Waals surface area contributed by atoms with Gasteiger partial charge in [0.25, 0.3) is 0 Å². The lowest BCUT2D eigenvalue weighted by atomic mass is 10.1. The Bertz CT molecular complexity index is 571. The van der Waals surface area contributed by atoms with Crippen molar-refractivity contribution in [2.75, 3.05) is 11.9 Å². The van der Waals surface area contributed by atoms with Gasteiger partial charge in [-0.25, -0.2) is 9.67 Å². The second-order valence-corrected chi connectivity index (χ2v) is 5.20. The molecule has 21 heavy (non-hydrogen) atoms. The van der Waals surface area contributed by atoms with Crippen molar-refractivity contribution in [1.82, 2.24) is 20.1 Å². The lowest BCUT2D eigenvalue weighted by Crippen LogP contribution is -2.39. The van der Waals surface area contributed by atoms with Gasteiger partial charge in [-0.05, 0) is 37.6 Å². The van der Waals surface area contributed by atoms with Crippen LogP contribution in [-0.4, -0.2) is 33.3 Å². The van der Waals surface area contributed by atoms with Crippen molar-refractivity contribution < 1.29 is 4.79 Å². The Morgan fingerprint density at radius 2 is 2.29 bits per heavy atom. The fraction of sp³-hybridized carbons (Fsp3) is 0.400. The van der Waals surface area contributed by atoms with Gasteiger partial charge in [0.2, 0.25) is 5.91 Å². The zero-order valence-corrected chi connectivity index (χ0v) is 11.8. The van der Waals surface area contributed by atoms with Crippen LogP contribution >= 0.6 is 0 Å². The molecule has 1 atom stereocenters. The molecule has 0 bridgehead atoms. The van der Waals surface area contributed by atoms with Gasteiger partial charge in [0.1, 0.15) is 0 Å². The lowest BCUT2D eigenvalue weighted by Gasteiger charge is -2.15. The second kappa shape index (κ2) is 6.49. The van der Waals surface area contributed by atoms with Crippen LogP contribution in [0.1, 0.15) is 25.7 Å². The molecule has 1 amide bonds. The second-order valence-electron chi connectivity index (χ2n) is 5.20. The fourth-order valence-corrected chi connectivity index (χ4v) is 2.48. The Morgan fingerprint density at radius 3 is 3.05 bits per heavy atom. The van der Waals surface area contributed by atoms with E-state index in [0.717, 1.165) is 31.6 Å². The maximum atomic E-state index is 12.2. The quantitative estimate of drug-likeness (QED) is 0.901. The standard InChI is InChI=1S/C15H19N5O/c21-15(13-5-2-1-3-8-16-13)19-12-6-7-14(17-11-12)20-10-4-9-18-20/h4,6-7,9-11,13,16H,1-3,5,8H2,(H,19,21). The molecule has 1 fully saturated rings. The highest BCUT2D eigenvalue weighted by molar-refractivity contribution is 5.94. The molecule has 6 heteroatoms. The Hall–Kier alpha value is -2.21. The van der Waals surface area contributed by atoms with Gasteiger partial charge in [0, 0.05) is 12.4 Å². The molecular formula is C15H19N5O. The van der Waals surface area contributed by atoms with Crippen LogP contribution in [0.2, 0.25) is 0 Å². The minimum atomic E-state index is -0.0988. The van der Waals surface area contributed by atoms with Crippen LogP contribution in [0.15, 0.2) is 36.8 Å². The van der Waals surface area contributed by atoms with E-state index in [1.54, 1.807) is 17.1 Å². The summed E-state index contributed by atoms with van der Waals surface area (Å²) in [4.78, 5) is 16.5. The number of anilines is 1. The zero-order valence-electron chi connectivity index (χ0n) is 11.8. The van der Waals surface area contributed by atoms with Crippen LogP contribution in [0.4, 0.5) is 5.69 Å². The Balaban J connectivity index is 1.63. The first-order valence-corrected chi connectivity index (χ1v) is 7.33. The first-order chi connectivity index (χ1) is 10.3. The number of hydrogen-bond acceptors (Lipinski definition) is 4. The molecule has 3 rings (SSSR count). The summed E-state index contributed by atoms with van der Waals surface area (Å²) < 4.78 is 1.68. The van der Waals surface area contributed by atoms with Gasteiger partial charge >= 0.3 is 0 Å². The van der Waals surface area contributed by atoms with Crippen LogP contribution in [-0.2, 0) is 4.79 Å². The van der Waals surface area contributed by atoms with Crippen molar-refractivity contribution in [2.45, 2.75) is 31.7 Å². The molecule has 0 aromatic carbocycles. The largest absolute Gasteiger partial charge is 0.323 e. The van der Waals surface area contributed by atoms with Crippen molar-refractivity contribution in [3.05, 3.63) is 36.8 Å². The Labute approximate surface area is 123 Å². The first kappa shape index (κ1) is 13.8. The van der Waals surface area contributed by atoms with E-state index in [2.05, 4.69) is 20.7 Å². The SMILES string of the molecule is O=C(Nc1ccc(-n2cccn2)nc1)C1CCCCCN1. The predicted octanol–water partition coefficient (Wildman–Crippen LogP) is 1.74. The number of amides is 1. The van der Waals surface area contributed by atoms with Gasteiger partial charge in [-0.3, -0.25) is 4.79 Å². The van der Waals surface area contributed by atoms with Gasteiger partial charge in [-0.1, -0.05) is 12.8 Å². The number of aromatic nitrogens is 3. The molecule has 0 radical (unpaired) electrons. The number of nitrogens with zero attached hydrogens (tertiary/aromatic N) is 3. The summed E-state index contributed by atoms with van der Waals surface area (Å²) in [5, 5.41) is 10.3. The van der Waals surface area contributed by atoms with Crippen molar-refractivity contribution in [2.24, 2.45) is 0 Å². The molecule has 3 heterocycles. The van der Waals surface area contributed by atoms with Gasteiger partial charge in [-0.15, -0.1) is 0 Å². The van der Waals surface area contributed by atoms with E-state index in [-0.39, 0.29) is 11.9 Å². The van der Waals surface area contributed by atoms with Crippen molar-refractivity contribution >= 4 is 11.6 Å². The van der Waals surface area contributed by atoms with E-state index in [0.29, 0.717) is 5.69 Å². The molecule has 2 N–H and O–H groups in total. The third kappa shape index (κ3) is 3.46. The maximum Gasteiger partial charge on any atom is 0.241 e. The van der Waals surface area contributed by atoms with Crippen molar-refractivity contribution in [3.63, 3.8) is 0 Å². The van der Waals surface area contributed by atoms with Crippen LogP contribution < -0.4 is 10.6 Å². The number of carbonyl (C=O) groups excluding carboxylic acids is 1. The Kier molecular flexibility index (Phi) is 4.25. The van der Waals surface area contributed by atoms with Crippen LogP contribution in [0, 0.1) is 0 Å². The molecule has 6 nitrogen and oxygen atoms in total. The number of nitrogens with one attached hydrogen (secondary N) is 2. The highest BCUT2D eigenvalue weighted by atomic mass is 16.2. The monoisotopic (exact) mass is 285 g/mol. The van der Waals surface area contributed by atoms with E-state index in [1.165, 1.54) is 6.42 Å². The topological polar surface area (TPSA) is 71.8 Å². The van der Waals surface area contributed by atoms with E-state index in [4.69, 9.17) is 0 Å². The molecule has 2 aromatic rings. The van der Waals surface area contributed by atoms with E-state index >= 15 is 0 Å². The summed E-state index contributed by atoms with van der Waals surface area (Å²) in [5.74, 6) is 0.746. The first-order valence-electron chi connectivity index (χ1n) is 7.33. The predicted molar refractivity (Wildman–Crippen MR) is 80.2 cm³/mol. The summed E-state index contributed by atoms with van der Waals surface area (Å²) >= 11 is 0. The van der Waals surface area contributed by atoms with Crippen LogP contribution in [0.3, 0.4) is 0 Å². The number of hydrogen-bond donors (Lipinski definition) is 2. The summed E-state index contributed by atoms with van der Waals surface area (Å²) in [6.45, 7) is 0.911. The van der Waals surface area contributed by atoms with Crippen LogP contribution in [0.5, 0.6) is 0 Å². The highest BCUT2D eigenvalue weighted by Gasteiger charge is 2.19. The highest BCUT2D eigenvalue weighted by Crippen LogP contribution is 2.12. The van der Waals surface area contributed by atoms with Gasteiger partial charge in [0.15, 0.2) is 5.82 Å². The van der Waals surface area contributed by atoms with E-state index in [9.17, 15) is 4.79 Å². The fourth-order valence-electron chi connectivity index (χ4n) is 2.48. The number of carbonyl (C=O) groups is 1. The average molecular weight is 285 g/mol. The third-order valence-electron chi connectivity index (χ3n) is 3.63. The van der Waals surface area contributed by atoms with E-state index < -0.39 is 0 Å². The zero-order chi connectivity index (χ0) is 14.5. The molecule has 2 aromatic heterocycles. The van der Waals surface area contributed by atoms with Gasteiger partial charge < -0.3 is 10.6 Å². The molecule has 0 saturated carbocycles. The van der Waals surface area contributed by atoms with Gasteiger partial charge in [0.05, 0.1) is 17.9 Å². The molecule has 1 unspecified atom stereocenters. The summed E-state index contributed by atoms with van der Waals surface area (Å²) in [6, 6.07) is 5.43. The normalized spacial score (nSPS) is 19.0. The lowest BCUT2D eigenvalue weighted by molar-refractivity contribution is -0.118. The minimum absolute atomic E-state index is 0.0190. The molecule has 110 valence electrons. The minimum Gasteiger partial charge on any atom is -0.323 e. The van der Waals surface area contributed by atoms with Crippen molar-refractivity contribution in [1.29, 1.82) is 0 Å².